The van der Waals surface area contributed by atoms with Crippen molar-refractivity contribution < 1.29 is 57.3 Å². The van der Waals surface area contributed by atoms with Gasteiger partial charge in [0, 0.05) is 51.9 Å². The van der Waals surface area contributed by atoms with E-state index in [4.69, 9.17) is 120 Å². The molecule has 4 aromatic rings. The van der Waals surface area contributed by atoms with E-state index in [9.17, 15) is 38.4 Å². The fourth-order valence-corrected chi connectivity index (χ4v) is 10.6. The molecule has 0 aliphatic rings. The molecule has 0 aliphatic carbocycles. The number of nitrogens with two attached hydrogens (primary N) is 10. The van der Waals surface area contributed by atoms with Crippen molar-refractivity contribution in [2.75, 3.05) is 78.8 Å². The molecule has 0 aliphatic heterocycles. The van der Waals surface area contributed by atoms with Gasteiger partial charge in [0.15, 0.2) is 70.8 Å². The van der Waals surface area contributed by atoms with Crippen LogP contribution in [0.5, 0.6) is 23.0 Å². The van der Waals surface area contributed by atoms with Crippen LogP contribution >= 0.6 is 0 Å². The van der Waals surface area contributed by atoms with Gasteiger partial charge < -0.3 is 135 Å². The fraction of sp³-hybridized carbons (Fsp3) is 0.412. The van der Waals surface area contributed by atoms with Crippen LogP contribution < -0.4 is 135 Å². The Morgan fingerprint density at radius 1 is 0.303 bits per heavy atom. The van der Waals surface area contributed by atoms with Crippen LogP contribution in [-0.2, 0) is 44.9 Å². The van der Waals surface area contributed by atoms with E-state index in [0.717, 1.165) is 0 Å². The molecule has 0 unspecified atom stereocenters. The summed E-state index contributed by atoms with van der Waals surface area (Å²) < 4.78 is 23.7. The van der Waals surface area contributed by atoms with E-state index in [2.05, 4.69) is 58.5 Å². The number of carbonyl (C=O) groups excluding carboxylic acids is 8. The van der Waals surface area contributed by atoms with Crippen molar-refractivity contribution in [1.29, 1.82) is 43.3 Å². The molecule has 109 heavy (non-hydrogen) atoms. The molecule has 39 N–H and O–H groups in total. The van der Waals surface area contributed by atoms with Gasteiger partial charge in [-0.25, -0.2) is 0 Å². The molecule has 4 rings (SSSR count). The van der Waals surface area contributed by atoms with Crippen molar-refractivity contribution in [1.82, 2.24) is 58.5 Å². The summed E-state index contributed by atoms with van der Waals surface area (Å²) in [4.78, 5) is 114. The minimum atomic E-state index is -1.33. The number of primary amides is 1. The lowest BCUT2D eigenvalue weighted by Gasteiger charge is -2.22. The highest BCUT2D eigenvalue weighted by Gasteiger charge is 2.30. The largest absolute Gasteiger partial charge is 0.491 e. The van der Waals surface area contributed by atoms with Crippen LogP contribution in [0.25, 0.3) is 0 Å². The third-order valence-corrected chi connectivity index (χ3v) is 15.8. The van der Waals surface area contributed by atoms with E-state index < -0.39 is 78.0 Å². The first kappa shape index (κ1) is 88.2. The highest BCUT2D eigenvalue weighted by molar-refractivity contribution is 6.04. The van der Waals surface area contributed by atoms with Gasteiger partial charge >= 0.3 is 0 Å². The van der Waals surface area contributed by atoms with Crippen molar-refractivity contribution in [3.8, 4) is 23.0 Å². The number of Topliss-reactive ketones (excluding diaryl/α,β-unsaturated/α-hetero) is 4. The first-order valence-electron chi connectivity index (χ1n) is 34.5. The zero-order valence-corrected chi connectivity index (χ0v) is 60.4. The number of nitrogens with one attached hydrogen (secondary N) is 19. The Hall–Kier alpha value is -13.2. The quantitative estimate of drug-likeness (QED) is 0.0112. The Bertz CT molecular complexity index is 3910. The van der Waals surface area contributed by atoms with Gasteiger partial charge in [0.1, 0.15) is 49.4 Å². The molecule has 0 fully saturated rings. The summed E-state index contributed by atoms with van der Waals surface area (Å²) in [6, 6.07) is 12.6. The summed E-state index contributed by atoms with van der Waals surface area (Å²) in [5.41, 5.74) is 56.6. The highest BCUT2D eigenvalue weighted by atomic mass is 16.5. The maximum Gasteiger partial charge on any atom is 0.255 e. The molecule has 41 nitrogen and oxygen atoms in total. The molecule has 4 amide bonds. The maximum atomic E-state index is 15.0. The van der Waals surface area contributed by atoms with Crippen molar-refractivity contribution in [3.63, 3.8) is 0 Å². The van der Waals surface area contributed by atoms with Crippen molar-refractivity contribution >= 4 is 94.4 Å². The Morgan fingerprint density at radius 3 is 0.771 bits per heavy atom. The molecule has 0 aromatic heterocycles. The third-order valence-electron chi connectivity index (χ3n) is 15.8. The van der Waals surface area contributed by atoms with Crippen molar-refractivity contribution in [2.24, 2.45) is 57.3 Å². The number of carbonyl (C=O) groups is 8. The lowest BCUT2D eigenvalue weighted by Crippen LogP contribution is -2.43. The molecule has 592 valence electrons. The first-order valence-corrected chi connectivity index (χ1v) is 34.5. The molecule has 0 heterocycles. The standard InChI is InChI=1S/C68H103N29O12/c69-45(5-1-17-87-61(71)72)49(98)33-38-10-14-54(107-26-22-92-66(81)82)42(30-38)58(103)96-47(7-3-19-89-63(75)76)51(100)35-40-12-16-56(109-28-24-94-68(85)86)44(32-40)60(105)97-48(8-4-20-90-64(77)78)52(101)36-39-11-15-55(108-27-23-93-67(83)84)43(31-39)59(104)95-46(6-2-18-88-62(73)74)50(99)34-37-9-13-53(41(29-37)57(70)102)106-25-21-91-65(79)80/h9-16,29-32,45-48H,1-8,17-28,33-36,69H2,(H2,70,102)(H,95,104)(H,96,103)(H,97,105)(H4,71,72,87)(H4,73,74,88)(H4,75,76,89)(H4,77,78,90)(H4,79,80,91)(H4,81,82,92)(H4,83,84,93)(H4,85,86,94)/t45-,46-,47-,48-/m1/s1. The minimum absolute atomic E-state index is 0.000316. The van der Waals surface area contributed by atoms with Gasteiger partial charge in [-0.15, -0.1) is 0 Å². The molecule has 0 saturated heterocycles. The number of guanidine groups is 8. The van der Waals surface area contributed by atoms with E-state index in [-0.39, 0.29) is 240 Å². The fourth-order valence-electron chi connectivity index (χ4n) is 10.6. The van der Waals surface area contributed by atoms with Crippen molar-refractivity contribution in [3.05, 3.63) is 117 Å². The Morgan fingerprint density at radius 2 is 0.523 bits per heavy atom. The van der Waals surface area contributed by atoms with Gasteiger partial charge in [-0.1, -0.05) is 24.3 Å². The first-order chi connectivity index (χ1) is 51.8. The molecule has 4 aromatic carbocycles. The molecule has 0 bridgehead atoms. The van der Waals surface area contributed by atoms with Crippen LogP contribution in [0.1, 0.15) is 115 Å². The van der Waals surface area contributed by atoms with Gasteiger partial charge in [0.2, 0.25) is 0 Å². The molecule has 41 heteroatoms. The Labute approximate surface area is 628 Å². The van der Waals surface area contributed by atoms with E-state index >= 15 is 0 Å². The van der Waals surface area contributed by atoms with Crippen LogP contribution in [0.4, 0.5) is 0 Å². The Balaban J connectivity index is 1.75. The lowest BCUT2D eigenvalue weighted by atomic mass is 9.96. The Kier molecular flexibility index (Phi) is 37.7. The highest BCUT2D eigenvalue weighted by Crippen LogP contribution is 2.27. The van der Waals surface area contributed by atoms with Gasteiger partial charge in [0.05, 0.1) is 72.6 Å². The van der Waals surface area contributed by atoms with Crippen LogP contribution in [0.15, 0.2) is 72.8 Å². The maximum absolute atomic E-state index is 15.0. The average molecular weight is 1520 g/mol. The molecule has 0 radical (unpaired) electrons. The van der Waals surface area contributed by atoms with Gasteiger partial charge in [-0.2, -0.15) is 0 Å². The second kappa shape index (κ2) is 46.6. The smallest absolute Gasteiger partial charge is 0.255 e. The predicted octanol–water partition coefficient (Wildman–Crippen LogP) is -4.54. The second-order valence-corrected chi connectivity index (χ2v) is 24.6. The minimum Gasteiger partial charge on any atom is -0.491 e. The SMILES string of the molecule is N=C(N)NCCC[C@@H](N)C(=O)Cc1ccc(OCCNC(=N)N)c(C(=O)N[C@H](CCCNC(=N)N)C(=O)Cc2ccc(OCCNC(=N)N)c(C(=O)N[C@H](CCCNC(=N)N)C(=O)Cc3ccc(OCCNC(=N)N)c(C(=O)N[C@H](CCCNC(=N)N)C(=O)Cc4ccc(OCCNC(=N)N)c(C(N)=O)c4)c3)c2)c1. The molecule has 4 atom stereocenters. The number of ketones is 4. The lowest BCUT2D eigenvalue weighted by molar-refractivity contribution is -0.121. The summed E-state index contributed by atoms with van der Waals surface area (Å²) in [5.74, 6) is -7.98. The predicted molar refractivity (Wildman–Crippen MR) is 409 cm³/mol. The topological polar surface area (TPSA) is 757 Å². The molecular weight excluding hydrogens is 1410 g/mol. The number of benzene rings is 4. The van der Waals surface area contributed by atoms with Crippen LogP contribution in [0.2, 0.25) is 0 Å². The van der Waals surface area contributed by atoms with Gasteiger partial charge in [-0.05, 0) is 122 Å². The van der Waals surface area contributed by atoms with Gasteiger partial charge in [-0.3, -0.25) is 81.6 Å². The van der Waals surface area contributed by atoms with Gasteiger partial charge in [0.25, 0.3) is 23.6 Å². The van der Waals surface area contributed by atoms with Crippen LogP contribution in [0.3, 0.4) is 0 Å². The summed E-state index contributed by atoms with van der Waals surface area (Å²) in [5, 5.41) is 90.1. The average Bonchev–Trinajstić information content (AvgIpc) is 0.843. The van der Waals surface area contributed by atoms with E-state index in [1.54, 1.807) is 6.07 Å². The second-order valence-electron chi connectivity index (χ2n) is 24.6. The molecule has 0 spiro atoms. The normalized spacial score (nSPS) is 11.7. The monoisotopic (exact) mass is 1520 g/mol. The third kappa shape index (κ3) is 34.0. The molecule has 0 saturated carbocycles. The number of ether oxygens (including phenoxy) is 4. The number of rotatable bonds is 51. The van der Waals surface area contributed by atoms with Crippen molar-refractivity contribution in [2.45, 2.75) is 101 Å². The number of hydrogen-bond donors (Lipinski definition) is 29. The molecular formula is C68H103N29O12. The summed E-state index contributed by atoms with van der Waals surface area (Å²) in [6.45, 7) is 0.460. The zero-order chi connectivity index (χ0) is 80.5. The zero-order valence-electron chi connectivity index (χ0n) is 60.4. The summed E-state index contributed by atoms with van der Waals surface area (Å²) in [7, 11) is 0. The van der Waals surface area contributed by atoms with E-state index in [1.807, 2.05) is 0 Å². The summed E-state index contributed by atoms with van der Waals surface area (Å²) in [6.07, 6.45) is -0.236. The number of amides is 4. The summed E-state index contributed by atoms with van der Waals surface area (Å²) >= 11 is 0. The van der Waals surface area contributed by atoms with Crippen LogP contribution in [-0.4, -0.2) is 197 Å². The van der Waals surface area contributed by atoms with E-state index in [0.29, 0.717) is 24.1 Å². The van der Waals surface area contributed by atoms with E-state index in [1.165, 1.54) is 66.7 Å². The van der Waals surface area contributed by atoms with Crippen LogP contribution in [0, 0.1) is 43.3 Å². The number of hydrogen-bond acceptors (Lipinski definition) is 21.